The Kier molecular flexibility index (Phi) is 8.26. The summed E-state index contributed by atoms with van der Waals surface area (Å²) in [5.74, 6) is 1.36. The molecular weight excluding hydrogens is 550 g/mol. The molecule has 0 fully saturated rings. The molecule has 0 spiro atoms. The monoisotopic (exact) mass is 578 g/mol. The van der Waals surface area contributed by atoms with Crippen molar-refractivity contribution in [1.29, 1.82) is 0 Å². The van der Waals surface area contributed by atoms with Gasteiger partial charge in [0.1, 0.15) is 0 Å². The molecular formula is C25H28Cl2Hf. The first-order valence-corrected chi connectivity index (χ1v) is 15.5. The van der Waals surface area contributed by atoms with Crippen molar-refractivity contribution in [2.75, 3.05) is 0 Å². The number of fused-ring (bicyclic) bond motifs is 3. The molecule has 2 aliphatic carbocycles. The van der Waals surface area contributed by atoms with Crippen molar-refractivity contribution in [2.24, 2.45) is 11.8 Å². The largest absolute Gasteiger partial charge is 1.00 e. The molecule has 0 heterocycles. The maximum atomic E-state index is 2.48. The Morgan fingerprint density at radius 1 is 0.821 bits per heavy atom. The molecule has 0 saturated heterocycles. The van der Waals surface area contributed by atoms with Crippen LogP contribution in [0, 0.1) is 11.8 Å². The molecule has 2 aromatic carbocycles. The predicted octanol–water partition coefficient (Wildman–Crippen LogP) is -0.0918. The average molecular weight is 578 g/mol. The van der Waals surface area contributed by atoms with Crippen LogP contribution in [-0.2, 0) is 27.4 Å². The van der Waals surface area contributed by atoms with Crippen LogP contribution in [0.3, 0.4) is 0 Å². The summed E-state index contributed by atoms with van der Waals surface area (Å²) < 4.78 is 4.33. The van der Waals surface area contributed by atoms with Crippen molar-refractivity contribution >= 4 is 6.58 Å². The molecule has 0 unspecified atom stereocenters. The minimum absolute atomic E-state index is 0. The van der Waals surface area contributed by atoms with E-state index in [2.05, 4.69) is 94.5 Å². The molecule has 2 aromatic rings. The molecule has 0 radical (unpaired) electrons. The zero-order valence-corrected chi connectivity index (χ0v) is 22.2. The number of benzene rings is 2. The molecule has 0 aromatic heterocycles. The molecule has 2 aliphatic rings. The van der Waals surface area contributed by atoms with Gasteiger partial charge in [-0.25, -0.2) is 0 Å². The topological polar surface area (TPSA) is 0 Å². The summed E-state index contributed by atoms with van der Waals surface area (Å²) in [5, 5.41) is 0. The van der Waals surface area contributed by atoms with Crippen LogP contribution < -0.4 is 28.1 Å². The summed E-state index contributed by atoms with van der Waals surface area (Å²) in [4.78, 5) is 0. The first-order valence-electron chi connectivity index (χ1n) is 9.87. The Morgan fingerprint density at radius 2 is 1.43 bits per heavy atom. The third-order valence-electron chi connectivity index (χ3n) is 5.78. The summed E-state index contributed by atoms with van der Waals surface area (Å²) in [6.45, 7) is 9.67. The van der Waals surface area contributed by atoms with Crippen molar-refractivity contribution in [3.8, 4) is 11.1 Å². The molecule has 4 rings (SSSR count). The normalized spacial score (nSPS) is 13.6. The SMILES string of the molecule is CC(C)[C](C(C)C)=[Hf+2]([c]1cccc2c1Cc1ccccc1-2)[CH]1C=CC=C1.[Cl-].[Cl-]. The van der Waals surface area contributed by atoms with Gasteiger partial charge in [-0.05, 0) is 0 Å². The zero-order valence-electron chi connectivity index (χ0n) is 17.0. The second kappa shape index (κ2) is 9.83. The summed E-state index contributed by atoms with van der Waals surface area (Å²) in [5.41, 5.74) is 6.11. The van der Waals surface area contributed by atoms with Gasteiger partial charge in [0.05, 0.1) is 0 Å². The third kappa shape index (κ3) is 4.23. The van der Waals surface area contributed by atoms with E-state index in [4.69, 9.17) is 0 Å². The van der Waals surface area contributed by atoms with Crippen molar-refractivity contribution < 1.29 is 45.8 Å². The fourth-order valence-electron chi connectivity index (χ4n) is 4.85. The molecule has 0 amide bonds. The molecule has 0 bridgehead atoms. The molecule has 0 nitrogen and oxygen atoms in total. The molecule has 0 aliphatic heterocycles. The van der Waals surface area contributed by atoms with Gasteiger partial charge in [0.15, 0.2) is 0 Å². The number of hydrogen-bond donors (Lipinski definition) is 0. The Hall–Kier alpha value is -0.760. The zero-order chi connectivity index (χ0) is 18.3. The van der Waals surface area contributed by atoms with Crippen LogP contribution in [0.25, 0.3) is 11.1 Å². The first kappa shape index (κ1) is 23.5. The van der Waals surface area contributed by atoms with Crippen LogP contribution >= 0.6 is 0 Å². The Bertz CT molecular complexity index is 913. The van der Waals surface area contributed by atoms with Gasteiger partial charge in [0.25, 0.3) is 0 Å². The Balaban J connectivity index is 0.00000140. The van der Waals surface area contributed by atoms with Crippen molar-refractivity contribution in [3.05, 3.63) is 77.9 Å². The van der Waals surface area contributed by atoms with E-state index in [-0.39, 0.29) is 24.8 Å². The van der Waals surface area contributed by atoms with Gasteiger partial charge in [0, 0.05) is 0 Å². The average Bonchev–Trinajstić information content (AvgIpc) is 3.26. The van der Waals surface area contributed by atoms with Gasteiger partial charge in [-0.3, -0.25) is 0 Å². The fraction of sp³-hybridized carbons (Fsp3) is 0.320. The van der Waals surface area contributed by atoms with Gasteiger partial charge in [0.2, 0.25) is 0 Å². The van der Waals surface area contributed by atoms with E-state index in [1.165, 1.54) is 16.7 Å². The molecule has 146 valence electrons. The van der Waals surface area contributed by atoms with Gasteiger partial charge >= 0.3 is 166 Å². The quantitative estimate of drug-likeness (QED) is 0.381. The third-order valence-corrected chi connectivity index (χ3v) is 19.7. The summed E-state index contributed by atoms with van der Waals surface area (Å²) in [6.07, 6.45) is 10.6. The molecule has 3 heteroatoms. The van der Waals surface area contributed by atoms with Crippen LogP contribution in [0.5, 0.6) is 0 Å². The van der Waals surface area contributed by atoms with E-state index >= 15 is 0 Å². The molecule has 28 heavy (non-hydrogen) atoms. The molecule has 0 saturated carbocycles. The Morgan fingerprint density at radius 3 is 2.07 bits per heavy atom. The maximum absolute atomic E-state index is 2.48. The van der Waals surface area contributed by atoms with Crippen LogP contribution in [0.15, 0.2) is 66.8 Å². The first-order chi connectivity index (χ1) is 12.6. The van der Waals surface area contributed by atoms with Crippen LogP contribution in [0.4, 0.5) is 0 Å². The standard InChI is InChI=1S/C13H9.C7H14.C5H5.2ClH.Hf/c1-3-7-12-10(5-1)9-11-6-2-4-8-13(11)12;1-6(2)5-7(3)4;1-2-4-5-3-1;;;/h1-5,7-8H,9H2;6-7H,1-4H3;1-5H;2*1H;/q;;;;;+2/p-2. The van der Waals surface area contributed by atoms with E-state index in [0.717, 1.165) is 6.42 Å². The van der Waals surface area contributed by atoms with Gasteiger partial charge in [-0.15, -0.1) is 0 Å². The van der Waals surface area contributed by atoms with E-state index < -0.39 is 21.0 Å². The van der Waals surface area contributed by atoms with Crippen molar-refractivity contribution in [3.63, 3.8) is 0 Å². The molecule has 0 N–H and O–H groups in total. The number of allylic oxidation sites excluding steroid dienone is 4. The van der Waals surface area contributed by atoms with Crippen LogP contribution in [-0.4, -0.2) is 3.26 Å². The van der Waals surface area contributed by atoms with Gasteiger partial charge in [-0.1, -0.05) is 0 Å². The van der Waals surface area contributed by atoms with E-state index in [0.29, 0.717) is 15.5 Å². The second-order valence-electron chi connectivity index (χ2n) is 8.14. The van der Waals surface area contributed by atoms with Crippen molar-refractivity contribution in [1.82, 2.24) is 0 Å². The summed E-state index contributed by atoms with van der Waals surface area (Å²) in [7, 11) is 0. The molecule has 0 atom stereocenters. The summed E-state index contributed by atoms with van der Waals surface area (Å²) in [6, 6.07) is 16.1. The van der Waals surface area contributed by atoms with Crippen LogP contribution in [0.1, 0.15) is 38.8 Å². The number of hydrogen-bond acceptors (Lipinski definition) is 0. The fourth-order valence-corrected chi connectivity index (χ4v) is 18.3. The second-order valence-corrected chi connectivity index (χ2v) is 17.5. The smallest absolute Gasteiger partial charge is 1.00 e. The van der Waals surface area contributed by atoms with E-state index in [1.807, 2.05) is 3.26 Å². The van der Waals surface area contributed by atoms with Crippen molar-refractivity contribution in [2.45, 2.75) is 37.8 Å². The summed E-state index contributed by atoms with van der Waals surface area (Å²) >= 11 is -2.26. The maximum Gasteiger partial charge on any atom is -1.00 e. The van der Waals surface area contributed by atoms with Gasteiger partial charge in [-0.2, -0.15) is 0 Å². The van der Waals surface area contributed by atoms with Crippen LogP contribution in [0.2, 0.25) is 3.67 Å². The van der Waals surface area contributed by atoms with Gasteiger partial charge < -0.3 is 24.8 Å². The van der Waals surface area contributed by atoms with E-state index in [1.54, 1.807) is 8.88 Å². The minimum Gasteiger partial charge on any atom is -1.00 e. The minimum atomic E-state index is -2.26. The Labute approximate surface area is 190 Å². The van der Waals surface area contributed by atoms with E-state index in [9.17, 15) is 0 Å². The number of halogens is 2. The number of rotatable bonds is 4. The predicted molar refractivity (Wildman–Crippen MR) is 111 cm³/mol.